The smallest absolute Gasteiger partial charge is 0.226 e. The van der Waals surface area contributed by atoms with Gasteiger partial charge in [-0.2, -0.15) is 5.10 Å². The zero-order valence-corrected chi connectivity index (χ0v) is 18.6. The molecule has 3 heterocycles. The number of nitrogens with zero attached hydrogens (tertiary/aromatic N) is 5. The van der Waals surface area contributed by atoms with Gasteiger partial charge in [0.2, 0.25) is 11.8 Å². The van der Waals surface area contributed by atoms with Crippen molar-refractivity contribution in [3.05, 3.63) is 29.9 Å². The highest BCUT2D eigenvalue weighted by molar-refractivity contribution is 7.13. The Kier molecular flexibility index (Phi) is 7.11. The van der Waals surface area contributed by atoms with Crippen LogP contribution in [0.1, 0.15) is 51.4 Å². The number of rotatable bonds is 6. The first-order valence-corrected chi connectivity index (χ1v) is 12.0. The molecule has 0 spiro atoms. The van der Waals surface area contributed by atoms with Gasteiger partial charge in [-0.3, -0.25) is 9.59 Å². The van der Waals surface area contributed by atoms with E-state index in [1.807, 2.05) is 22.4 Å². The highest BCUT2D eigenvalue weighted by Crippen LogP contribution is 2.43. The number of hydrogen-bond donors (Lipinski definition) is 1. The van der Waals surface area contributed by atoms with Crippen LogP contribution in [0.25, 0.3) is 0 Å². The van der Waals surface area contributed by atoms with Gasteiger partial charge in [0.1, 0.15) is 0 Å². The largest absolute Gasteiger partial charge is 0.353 e. The lowest BCUT2D eigenvalue weighted by Crippen LogP contribution is -2.40. The van der Waals surface area contributed by atoms with Crippen molar-refractivity contribution in [2.24, 2.45) is 5.41 Å². The molecule has 1 saturated carbocycles. The maximum absolute atomic E-state index is 13.3. The molecule has 0 radical (unpaired) electrons. The zero-order valence-electron chi connectivity index (χ0n) is 17.8. The van der Waals surface area contributed by atoms with Crippen LogP contribution in [0.5, 0.6) is 0 Å². The monoisotopic (exact) mass is 442 g/mol. The second-order valence-corrected chi connectivity index (χ2v) is 9.50. The summed E-state index contributed by atoms with van der Waals surface area (Å²) in [7, 11) is 0. The second-order valence-electron chi connectivity index (χ2n) is 8.60. The van der Waals surface area contributed by atoms with E-state index >= 15 is 0 Å². The molecule has 9 heteroatoms. The quantitative estimate of drug-likeness (QED) is 0.738. The van der Waals surface area contributed by atoms with Crippen LogP contribution in [-0.2, 0) is 9.59 Å². The van der Waals surface area contributed by atoms with Crippen LogP contribution in [-0.4, -0.2) is 58.1 Å². The third kappa shape index (κ3) is 5.78. The maximum atomic E-state index is 13.3. The van der Waals surface area contributed by atoms with E-state index in [1.165, 1.54) is 17.8 Å². The minimum absolute atomic E-state index is 0.0330. The van der Waals surface area contributed by atoms with Crippen LogP contribution in [0.4, 0.5) is 10.9 Å². The number of carbonyl (C=O) groups excluding carboxylic acids is 2. The van der Waals surface area contributed by atoms with E-state index in [2.05, 4.69) is 25.4 Å². The van der Waals surface area contributed by atoms with Gasteiger partial charge in [0.15, 0.2) is 10.9 Å². The van der Waals surface area contributed by atoms with E-state index in [1.54, 1.807) is 12.4 Å². The number of carbonyl (C=O) groups is 2. The summed E-state index contributed by atoms with van der Waals surface area (Å²) in [5, 5.41) is 13.6. The summed E-state index contributed by atoms with van der Waals surface area (Å²) in [6.07, 6.45) is 10.3. The standard InChI is InChI=1S/C22H30N6O2S/c29-19(25-21-23-10-15-31-21)16-22(7-2-1-3-8-22)17-20(30)28-12-5-11-27(13-14-28)18-6-4-9-24-26-18/h4,6,9-10,15H,1-3,5,7-8,11-14,16-17H2,(H,23,25,29). The van der Waals surface area contributed by atoms with Crippen molar-refractivity contribution in [1.82, 2.24) is 20.1 Å². The van der Waals surface area contributed by atoms with Gasteiger partial charge in [-0.25, -0.2) is 4.98 Å². The van der Waals surface area contributed by atoms with Gasteiger partial charge in [0.05, 0.1) is 0 Å². The first kappa shape index (κ1) is 21.7. The molecule has 1 N–H and O–H groups in total. The van der Waals surface area contributed by atoms with E-state index < -0.39 is 0 Å². The third-order valence-corrected chi connectivity index (χ3v) is 7.07. The van der Waals surface area contributed by atoms with Crippen molar-refractivity contribution >= 4 is 34.1 Å². The number of anilines is 2. The molecular formula is C22H30N6O2S. The second kappa shape index (κ2) is 10.2. The van der Waals surface area contributed by atoms with Gasteiger partial charge in [0.25, 0.3) is 0 Å². The predicted octanol–water partition coefficient (Wildman–Crippen LogP) is 3.34. The van der Waals surface area contributed by atoms with E-state index in [-0.39, 0.29) is 17.2 Å². The molecule has 4 rings (SSSR count). The van der Waals surface area contributed by atoms with Crippen molar-refractivity contribution in [1.29, 1.82) is 0 Å². The summed E-state index contributed by atoms with van der Waals surface area (Å²) < 4.78 is 0. The topological polar surface area (TPSA) is 91.3 Å². The molecule has 2 aromatic heterocycles. The zero-order chi connectivity index (χ0) is 21.5. The molecule has 1 saturated heterocycles. The fraction of sp³-hybridized carbons (Fsp3) is 0.591. The minimum Gasteiger partial charge on any atom is -0.353 e. The lowest BCUT2D eigenvalue weighted by atomic mass is 9.69. The number of hydrogen-bond acceptors (Lipinski definition) is 7. The summed E-state index contributed by atoms with van der Waals surface area (Å²) in [6.45, 7) is 3.04. The van der Waals surface area contributed by atoms with Gasteiger partial charge in [-0.1, -0.05) is 19.3 Å². The lowest BCUT2D eigenvalue weighted by molar-refractivity contribution is -0.135. The Morgan fingerprint density at radius 3 is 2.65 bits per heavy atom. The van der Waals surface area contributed by atoms with E-state index in [4.69, 9.17) is 0 Å². The third-order valence-electron chi connectivity index (χ3n) is 6.39. The molecule has 166 valence electrons. The summed E-state index contributed by atoms with van der Waals surface area (Å²) in [6, 6.07) is 3.85. The molecule has 0 unspecified atom stereocenters. The number of aromatic nitrogens is 3. The number of thiazole rings is 1. The first-order valence-electron chi connectivity index (χ1n) is 11.1. The van der Waals surface area contributed by atoms with Crippen LogP contribution in [0, 0.1) is 5.41 Å². The Balaban J connectivity index is 1.37. The summed E-state index contributed by atoms with van der Waals surface area (Å²) >= 11 is 1.42. The Hall–Kier alpha value is -2.55. The van der Waals surface area contributed by atoms with Crippen LogP contribution in [0.3, 0.4) is 0 Å². The summed E-state index contributed by atoms with van der Waals surface area (Å²) in [4.78, 5) is 34.3. The van der Waals surface area contributed by atoms with Crippen molar-refractivity contribution < 1.29 is 9.59 Å². The molecule has 2 aromatic rings. The average Bonchev–Trinajstić information content (AvgIpc) is 3.15. The molecule has 2 amide bonds. The van der Waals surface area contributed by atoms with Gasteiger partial charge in [-0.05, 0) is 36.8 Å². The molecule has 1 aliphatic heterocycles. The summed E-state index contributed by atoms with van der Waals surface area (Å²) in [5.74, 6) is 0.999. The highest BCUT2D eigenvalue weighted by atomic mass is 32.1. The van der Waals surface area contributed by atoms with E-state index in [9.17, 15) is 9.59 Å². The van der Waals surface area contributed by atoms with Crippen LogP contribution < -0.4 is 10.2 Å². The van der Waals surface area contributed by atoms with Crippen molar-refractivity contribution in [3.8, 4) is 0 Å². The Morgan fingerprint density at radius 1 is 1.03 bits per heavy atom. The van der Waals surface area contributed by atoms with Crippen molar-refractivity contribution in [3.63, 3.8) is 0 Å². The van der Waals surface area contributed by atoms with E-state index in [0.717, 1.165) is 57.6 Å². The molecule has 0 aromatic carbocycles. The predicted molar refractivity (Wildman–Crippen MR) is 121 cm³/mol. The summed E-state index contributed by atoms with van der Waals surface area (Å²) in [5.41, 5.74) is -0.242. The molecule has 2 fully saturated rings. The Morgan fingerprint density at radius 2 is 1.90 bits per heavy atom. The lowest BCUT2D eigenvalue weighted by Gasteiger charge is -2.37. The molecule has 8 nitrogen and oxygen atoms in total. The molecule has 0 atom stereocenters. The fourth-order valence-corrected chi connectivity index (χ4v) is 5.34. The normalized spacial score (nSPS) is 19.0. The Labute approximate surface area is 187 Å². The SMILES string of the molecule is O=C(CC1(CC(=O)N2CCCN(c3cccnn3)CC2)CCCCC1)Nc1nccs1. The molecule has 31 heavy (non-hydrogen) atoms. The minimum atomic E-state index is -0.242. The first-order chi connectivity index (χ1) is 15.1. The molecule has 0 bridgehead atoms. The Bertz CT molecular complexity index is 854. The van der Waals surface area contributed by atoms with Gasteiger partial charge < -0.3 is 15.1 Å². The number of amides is 2. The molecular weight excluding hydrogens is 412 g/mol. The van der Waals surface area contributed by atoms with Crippen LogP contribution in [0.2, 0.25) is 0 Å². The van der Waals surface area contributed by atoms with Crippen molar-refractivity contribution in [2.45, 2.75) is 51.4 Å². The average molecular weight is 443 g/mol. The van der Waals surface area contributed by atoms with Crippen molar-refractivity contribution in [2.75, 3.05) is 36.4 Å². The highest BCUT2D eigenvalue weighted by Gasteiger charge is 2.38. The van der Waals surface area contributed by atoms with Gasteiger partial charge in [0, 0.05) is 56.8 Å². The van der Waals surface area contributed by atoms with E-state index in [0.29, 0.717) is 24.5 Å². The fourth-order valence-electron chi connectivity index (χ4n) is 4.80. The van der Waals surface area contributed by atoms with Gasteiger partial charge in [-0.15, -0.1) is 16.4 Å². The number of nitrogens with one attached hydrogen (secondary N) is 1. The van der Waals surface area contributed by atoms with Crippen LogP contribution >= 0.6 is 11.3 Å². The maximum Gasteiger partial charge on any atom is 0.226 e. The van der Waals surface area contributed by atoms with Gasteiger partial charge >= 0.3 is 0 Å². The molecule has 2 aliphatic rings. The van der Waals surface area contributed by atoms with Crippen LogP contribution in [0.15, 0.2) is 29.9 Å². The molecule has 1 aliphatic carbocycles.